The number of aromatic nitrogens is 1. The molecule has 1 aromatic heterocycles. The van der Waals surface area contributed by atoms with Crippen molar-refractivity contribution in [3.8, 4) is 0 Å². The van der Waals surface area contributed by atoms with E-state index in [0.717, 1.165) is 42.9 Å². The highest BCUT2D eigenvalue weighted by Gasteiger charge is 2.27. The molecule has 96 valence electrons. The van der Waals surface area contributed by atoms with Crippen molar-refractivity contribution >= 4 is 11.3 Å². The van der Waals surface area contributed by atoms with Gasteiger partial charge in [-0.2, -0.15) is 0 Å². The quantitative estimate of drug-likeness (QED) is 0.812. The lowest BCUT2D eigenvalue weighted by Crippen LogP contribution is -2.39. The Hall–Kier alpha value is -0.450. The van der Waals surface area contributed by atoms with Crippen molar-refractivity contribution in [1.82, 2.24) is 10.3 Å². The van der Waals surface area contributed by atoms with Gasteiger partial charge in [0.15, 0.2) is 0 Å². The molecule has 0 aliphatic heterocycles. The van der Waals surface area contributed by atoms with Gasteiger partial charge >= 0.3 is 0 Å². The van der Waals surface area contributed by atoms with Crippen LogP contribution in [0, 0.1) is 6.92 Å². The van der Waals surface area contributed by atoms with E-state index in [1.165, 1.54) is 12.8 Å². The van der Waals surface area contributed by atoms with Gasteiger partial charge in [0.25, 0.3) is 0 Å². The third-order valence-electron chi connectivity index (χ3n) is 3.43. The van der Waals surface area contributed by atoms with Crippen molar-refractivity contribution in [2.75, 3.05) is 6.54 Å². The van der Waals surface area contributed by atoms with E-state index < -0.39 is 5.60 Å². The number of rotatable bonds is 4. The summed E-state index contributed by atoms with van der Waals surface area (Å²) in [6.07, 6.45) is 6.75. The molecule has 4 heteroatoms. The molecule has 1 aliphatic rings. The van der Waals surface area contributed by atoms with Crippen LogP contribution in [0.2, 0.25) is 0 Å². The Bertz CT molecular complexity index is 343. The third kappa shape index (κ3) is 4.05. The van der Waals surface area contributed by atoms with Crippen molar-refractivity contribution in [3.05, 3.63) is 16.1 Å². The summed E-state index contributed by atoms with van der Waals surface area (Å²) in [6, 6.07) is 0. The lowest BCUT2D eigenvalue weighted by molar-refractivity contribution is 0.0250. The van der Waals surface area contributed by atoms with Crippen LogP contribution in [0.5, 0.6) is 0 Å². The molecule has 17 heavy (non-hydrogen) atoms. The number of nitrogens with zero attached hydrogens (tertiary/aromatic N) is 1. The van der Waals surface area contributed by atoms with Gasteiger partial charge in [-0.05, 0) is 19.8 Å². The smallest absolute Gasteiger partial charge is 0.107 e. The number of aryl methyl sites for hydroxylation is 1. The van der Waals surface area contributed by atoms with Crippen LogP contribution in [0.3, 0.4) is 0 Å². The SMILES string of the molecule is Cc1csc(CNCC2(O)CCCCCC2)n1. The minimum absolute atomic E-state index is 0.483. The van der Waals surface area contributed by atoms with Gasteiger partial charge < -0.3 is 10.4 Å². The molecule has 3 nitrogen and oxygen atoms in total. The Kier molecular flexibility index (Phi) is 4.54. The molecule has 0 atom stereocenters. The minimum Gasteiger partial charge on any atom is -0.389 e. The van der Waals surface area contributed by atoms with Crippen molar-refractivity contribution < 1.29 is 5.11 Å². The van der Waals surface area contributed by atoms with Crippen LogP contribution in [0.25, 0.3) is 0 Å². The van der Waals surface area contributed by atoms with Gasteiger partial charge in [-0.25, -0.2) is 4.98 Å². The van der Waals surface area contributed by atoms with E-state index in [-0.39, 0.29) is 0 Å². The summed E-state index contributed by atoms with van der Waals surface area (Å²) in [4.78, 5) is 4.41. The number of aliphatic hydroxyl groups is 1. The molecule has 0 radical (unpaired) electrons. The van der Waals surface area contributed by atoms with Crippen molar-refractivity contribution in [2.45, 2.75) is 57.6 Å². The molecule has 0 bridgehead atoms. The predicted octanol–water partition coefficient (Wildman–Crippen LogP) is 2.63. The monoisotopic (exact) mass is 254 g/mol. The second kappa shape index (κ2) is 5.94. The molecule has 1 aliphatic carbocycles. The van der Waals surface area contributed by atoms with E-state index in [1.54, 1.807) is 11.3 Å². The largest absolute Gasteiger partial charge is 0.389 e. The molecule has 0 aromatic carbocycles. The second-order valence-corrected chi connectivity index (χ2v) is 6.07. The highest BCUT2D eigenvalue weighted by atomic mass is 32.1. The highest BCUT2D eigenvalue weighted by molar-refractivity contribution is 7.09. The lowest BCUT2D eigenvalue weighted by Gasteiger charge is -2.26. The Labute approximate surface area is 107 Å². The van der Waals surface area contributed by atoms with Crippen molar-refractivity contribution in [2.24, 2.45) is 0 Å². The fourth-order valence-corrected chi connectivity index (χ4v) is 3.19. The highest BCUT2D eigenvalue weighted by Crippen LogP contribution is 2.26. The Morgan fingerprint density at radius 1 is 1.35 bits per heavy atom. The second-order valence-electron chi connectivity index (χ2n) is 5.12. The van der Waals surface area contributed by atoms with E-state index in [0.29, 0.717) is 6.54 Å². The van der Waals surface area contributed by atoms with E-state index >= 15 is 0 Å². The van der Waals surface area contributed by atoms with Crippen LogP contribution in [0.15, 0.2) is 5.38 Å². The topological polar surface area (TPSA) is 45.1 Å². The third-order valence-corrected chi connectivity index (χ3v) is 4.40. The first-order valence-corrected chi connectivity index (χ1v) is 7.40. The first-order chi connectivity index (χ1) is 8.18. The maximum atomic E-state index is 10.5. The van der Waals surface area contributed by atoms with Crippen molar-refractivity contribution in [1.29, 1.82) is 0 Å². The maximum Gasteiger partial charge on any atom is 0.107 e. The maximum absolute atomic E-state index is 10.5. The molecule has 2 rings (SSSR count). The van der Waals surface area contributed by atoms with Gasteiger partial charge in [0, 0.05) is 24.2 Å². The van der Waals surface area contributed by atoms with Crippen LogP contribution < -0.4 is 5.32 Å². The Balaban J connectivity index is 1.76. The zero-order valence-corrected chi connectivity index (χ0v) is 11.4. The van der Waals surface area contributed by atoms with E-state index in [9.17, 15) is 5.11 Å². The van der Waals surface area contributed by atoms with Crippen LogP contribution in [0.1, 0.15) is 49.2 Å². The van der Waals surface area contributed by atoms with Crippen LogP contribution in [-0.2, 0) is 6.54 Å². The van der Waals surface area contributed by atoms with Crippen molar-refractivity contribution in [3.63, 3.8) is 0 Å². The molecular formula is C13H22N2OS. The molecule has 2 N–H and O–H groups in total. The lowest BCUT2D eigenvalue weighted by atomic mass is 9.94. The minimum atomic E-state index is -0.483. The Morgan fingerprint density at radius 2 is 2.06 bits per heavy atom. The summed E-state index contributed by atoms with van der Waals surface area (Å²) in [6.45, 7) is 3.49. The summed E-state index contributed by atoms with van der Waals surface area (Å²) in [5.74, 6) is 0. The number of nitrogens with one attached hydrogen (secondary N) is 1. The van der Waals surface area contributed by atoms with Gasteiger partial charge in [0.2, 0.25) is 0 Å². The first-order valence-electron chi connectivity index (χ1n) is 6.52. The zero-order valence-electron chi connectivity index (χ0n) is 10.5. The standard InChI is InChI=1S/C13H22N2OS/c1-11-9-17-12(15-11)8-14-10-13(16)6-4-2-3-5-7-13/h9,14,16H,2-8,10H2,1H3. The average molecular weight is 254 g/mol. The summed E-state index contributed by atoms with van der Waals surface area (Å²) in [5, 5.41) is 17.0. The molecule has 1 fully saturated rings. The number of thiazole rings is 1. The summed E-state index contributed by atoms with van der Waals surface area (Å²) in [7, 11) is 0. The summed E-state index contributed by atoms with van der Waals surface area (Å²) < 4.78 is 0. The molecular weight excluding hydrogens is 232 g/mol. The Morgan fingerprint density at radius 3 is 2.65 bits per heavy atom. The van der Waals surface area contributed by atoms with Crippen LogP contribution in [0.4, 0.5) is 0 Å². The van der Waals surface area contributed by atoms with Gasteiger partial charge in [-0.15, -0.1) is 11.3 Å². The van der Waals surface area contributed by atoms with Gasteiger partial charge in [0.05, 0.1) is 5.60 Å². The van der Waals surface area contributed by atoms with E-state index in [2.05, 4.69) is 15.7 Å². The molecule has 1 saturated carbocycles. The molecule has 1 heterocycles. The molecule has 0 unspecified atom stereocenters. The fraction of sp³-hybridized carbons (Fsp3) is 0.769. The van der Waals surface area contributed by atoms with E-state index in [4.69, 9.17) is 0 Å². The van der Waals surface area contributed by atoms with Gasteiger partial charge in [-0.1, -0.05) is 25.7 Å². The summed E-state index contributed by atoms with van der Waals surface area (Å²) >= 11 is 1.68. The van der Waals surface area contributed by atoms with E-state index in [1.807, 2.05) is 6.92 Å². The predicted molar refractivity (Wildman–Crippen MR) is 71.2 cm³/mol. The van der Waals surface area contributed by atoms with Gasteiger partial charge in [0.1, 0.15) is 5.01 Å². The summed E-state index contributed by atoms with van der Waals surface area (Å²) in [5.41, 5.74) is 0.600. The number of hydrogen-bond acceptors (Lipinski definition) is 4. The fourth-order valence-electron chi connectivity index (χ4n) is 2.45. The first kappa shape index (κ1) is 13.0. The van der Waals surface area contributed by atoms with Crippen LogP contribution >= 0.6 is 11.3 Å². The zero-order chi connectivity index (χ0) is 12.1. The molecule has 1 aromatic rings. The normalized spacial score (nSPS) is 20.1. The molecule has 0 spiro atoms. The van der Waals surface area contributed by atoms with Gasteiger partial charge in [-0.3, -0.25) is 0 Å². The van der Waals surface area contributed by atoms with Crippen LogP contribution in [-0.4, -0.2) is 22.2 Å². The molecule has 0 amide bonds. The number of hydrogen-bond donors (Lipinski definition) is 2. The average Bonchev–Trinajstić information content (AvgIpc) is 2.58. The molecule has 0 saturated heterocycles.